The molecule has 0 aliphatic rings. The van der Waals surface area contributed by atoms with Crippen molar-refractivity contribution in [2.75, 3.05) is 14.2 Å². The van der Waals surface area contributed by atoms with Crippen LogP contribution in [-0.4, -0.2) is 24.2 Å². The van der Waals surface area contributed by atoms with Gasteiger partial charge in [-0.3, -0.25) is 0 Å². The summed E-state index contributed by atoms with van der Waals surface area (Å²) in [6.45, 7) is 13.2. The molecule has 0 aromatic carbocycles. The molecule has 0 radical (unpaired) electrons. The molecule has 2 aromatic heterocycles. The molecule has 0 atom stereocenters. The highest BCUT2D eigenvalue weighted by Gasteiger charge is 2.25. The molecule has 0 saturated heterocycles. The molecule has 0 amide bonds. The number of pyridine rings is 2. The number of hydrogen-bond donors (Lipinski definition) is 0. The summed E-state index contributed by atoms with van der Waals surface area (Å²) in [6.07, 6.45) is 3.80. The van der Waals surface area contributed by atoms with Crippen molar-refractivity contribution in [1.29, 1.82) is 0 Å². The molecule has 2 rings (SSSR count). The third-order valence-electron chi connectivity index (χ3n) is 5.00. The third-order valence-corrected chi connectivity index (χ3v) is 5.00. The molecule has 142 valence electrons. The molecule has 4 nitrogen and oxygen atoms in total. The fourth-order valence-corrected chi connectivity index (χ4v) is 3.22. The van der Waals surface area contributed by atoms with Gasteiger partial charge in [-0.25, -0.2) is 9.97 Å². The summed E-state index contributed by atoms with van der Waals surface area (Å²) in [6, 6.07) is 6.30. The van der Waals surface area contributed by atoms with Crippen molar-refractivity contribution in [3.63, 3.8) is 0 Å². The van der Waals surface area contributed by atoms with E-state index < -0.39 is 0 Å². The zero-order valence-corrected chi connectivity index (χ0v) is 17.4. The number of rotatable bonds is 6. The Labute approximate surface area is 158 Å². The van der Waals surface area contributed by atoms with Gasteiger partial charge in [-0.05, 0) is 47.8 Å². The first-order valence-corrected chi connectivity index (χ1v) is 9.14. The smallest absolute Gasteiger partial charge is 0.216 e. The zero-order valence-electron chi connectivity index (χ0n) is 17.4. The number of methoxy groups -OCH3 is 2. The van der Waals surface area contributed by atoms with Gasteiger partial charge in [0.2, 0.25) is 11.8 Å². The molecule has 0 N–H and O–H groups in total. The van der Waals surface area contributed by atoms with Crippen molar-refractivity contribution >= 4 is 0 Å². The van der Waals surface area contributed by atoms with Gasteiger partial charge in [0.15, 0.2) is 0 Å². The average Bonchev–Trinajstić information content (AvgIpc) is 2.58. The van der Waals surface area contributed by atoms with E-state index in [0.717, 1.165) is 30.0 Å². The second-order valence-electron chi connectivity index (χ2n) is 8.51. The molecule has 2 aromatic rings. The van der Waals surface area contributed by atoms with Crippen LogP contribution in [0.4, 0.5) is 0 Å². The molecule has 4 heteroatoms. The molecule has 26 heavy (non-hydrogen) atoms. The summed E-state index contributed by atoms with van der Waals surface area (Å²) in [7, 11) is 3.33. The predicted octanol–water partition coefficient (Wildman–Crippen LogP) is 5.01. The third kappa shape index (κ3) is 4.54. The predicted molar refractivity (Wildman–Crippen MR) is 106 cm³/mol. The van der Waals surface area contributed by atoms with E-state index in [4.69, 9.17) is 9.47 Å². The van der Waals surface area contributed by atoms with E-state index in [-0.39, 0.29) is 10.8 Å². The van der Waals surface area contributed by atoms with Crippen molar-refractivity contribution in [2.45, 2.75) is 65.2 Å². The van der Waals surface area contributed by atoms with Crippen LogP contribution in [-0.2, 0) is 17.3 Å². The molecule has 0 aliphatic heterocycles. The largest absolute Gasteiger partial charge is 0.481 e. The Morgan fingerprint density at radius 1 is 1.00 bits per heavy atom. The van der Waals surface area contributed by atoms with E-state index in [0.29, 0.717) is 5.88 Å². The number of aromatic nitrogens is 2. The molecule has 0 aliphatic carbocycles. The molecule has 0 bridgehead atoms. The maximum absolute atomic E-state index is 5.50. The van der Waals surface area contributed by atoms with Crippen LogP contribution in [0.3, 0.4) is 0 Å². The van der Waals surface area contributed by atoms with Gasteiger partial charge in [0.25, 0.3) is 0 Å². The summed E-state index contributed by atoms with van der Waals surface area (Å²) in [4.78, 5) is 9.06. The van der Waals surface area contributed by atoms with E-state index in [1.807, 2.05) is 19.2 Å². The molecule has 0 saturated carbocycles. The highest BCUT2D eigenvalue weighted by atomic mass is 16.5. The lowest BCUT2D eigenvalue weighted by Crippen LogP contribution is -2.21. The molecule has 0 spiro atoms. The topological polar surface area (TPSA) is 44.2 Å². The lowest BCUT2D eigenvalue weighted by Gasteiger charge is -2.27. The quantitative estimate of drug-likeness (QED) is 0.730. The van der Waals surface area contributed by atoms with Crippen LogP contribution in [0.15, 0.2) is 24.4 Å². The van der Waals surface area contributed by atoms with Crippen molar-refractivity contribution in [2.24, 2.45) is 0 Å². The number of aryl methyl sites for hydroxylation is 2. The van der Waals surface area contributed by atoms with Gasteiger partial charge in [0.05, 0.1) is 14.2 Å². The van der Waals surface area contributed by atoms with Gasteiger partial charge in [-0.15, -0.1) is 0 Å². The van der Waals surface area contributed by atoms with Crippen molar-refractivity contribution in [3.05, 3.63) is 46.8 Å². The van der Waals surface area contributed by atoms with Crippen molar-refractivity contribution < 1.29 is 9.47 Å². The lowest BCUT2D eigenvalue weighted by atomic mass is 9.78. The Kier molecular flexibility index (Phi) is 5.94. The number of hydrogen-bond acceptors (Lipinski definition) is 4. The summed E-state index contributed by atoms with van der Waals surface area (Å²) >= 11 is 0. The molecule has 2 heterocycles. The van der Waals surface area contributed by atoms with Crippen LogP contribution in [0.5, 0.6) is 11.8 Å². The van der Waals surface area contributed by atoms with Crippen LogP contribution >= 0.6 is 0 Å². The molecule has 0 unspecified atom stereocenters. The van der Waals surface area contributed by atoms with Gasteiger partial charge < -0.3 is 9.47 Å². The fourth-order valence-electron chi connectivity index (χ4n) is 3.22. The second kappa shape index (κ2) is 7.65. The average molecular weight is 357 g/mol. The lowest BCUT2D eigenvalue weighted by molar-refractivity contribution is 0.385. The van der Waals surface area contributed by atoms with Crippen LogP contribution in [0.25, 0.3) is 0 Å². The van der Waals surface area contributed by atoms with Gasteiger partial charge in [-0.1, -0.05) is 40.7 Å². The minimum atomic E-state index is -0.00783. The zero-order chi connectivity index (χ0) is 19.5. The van der Waals surface area contributed by atoms with E-state index in [9.17, 15) is 0 Å². The number of nitrogens with zero attached hydrogens (tertiary/aromatic N) is 2. The van der Waals surface area contributed by atoms with E-state index >= 15 is 0 Å². The van der Waals surface area contributed by atoms with E-state index in [1.54, 1.807) is 14.2 Å². The second-order valence-corrected chi connectivity index (χ2v) is 8.51. The Balaban J connectivity index is 2.26. The summed E-state index contributed by atoms with van der Waals surface area (Å²) in [5, 5.41) is 0. The van der Waals surface area contributed by atoms with Gasteiger partial charge >= 0.3 is 0 Å². The first-order valence-electron chi connectivity index (χ1n) is 9.14. The molecule has 0 fully saturated rings. The van der Waals surface area contributed by atoms with Crippen molar-refractivity contribution in [1.82, 2.24) is 9.97 Å². The number of ether oxygens (including phenoxy) is 2. The van der Waals surface area contributed by atoms with Gasteiger partial charge in [0.1, 0.15) is 0 Å². The minimum Gasteiger partial charge on any atom is -0.481 e. The monoisotopic (exact) mass is 356 g/mol. The van der Waals surface area contributed by atoms with Crippen molar-refractivity contribution in [3.8, 4) is 11.8 Å². The highest BCUT2D eigenvalue weighted by Crippen LogP contribution is 2.33. The van der Waals surface area contributed by atoms with Gasteiger partial charge in [-0.2, -0.15) is 0 Å². The highest BCUT2D eigenvalue weighted by molar-refractivity contribution is 5.35. The van der Waals surface area contributed by atoms with Crippen LogP contribution in [0, 0.1) is 6.92 Å². The van der Waals surface area contributed by atoms with E-state index in [2.05, 4.69) is 56.7 Å². The summed E-state index contributed by atoms with van der Waals surface area (Å²) < 4.78 is 10.7. The Morgan fingerprint density at radius 3 is 2.23 bits per heavy atom. The molecular formula is C22H32N2O2. The first kappa shape index (κ1) is 20.2. The maximum atomic E-state index is 5.50. The Morgan fingerprint density at radius 2 is 1.69 bits per heavy atom. The maximum Gasteiger partial charge on any atom is 0.216 e. The van der Waals surface area contributed by atoms with Gasteiger partial charge in [0, 0.05) is 23.5 Å². The van der Waals surface area contributed by atoms with E-state index in [1.165, 1.54) is 11.1 Å². The fraction of sp³-hybridized carbons (Fsp3) is 0.545. The van der Waals surface area contributed by atoms with Crippen LogP contribution in [0.2, 0.25) is 0 Å². The summed E-state index contributed by atoms with van der Waals surface area (Å²) in [5.41, 5.74) is 4.71. The Hall–Kier alpha value is -2.10. The van der Waals surface area contributed by atoms with Crippen LogP contribution in [0.1, 0.15) is 63.4 Å². The SMILES string of the molecule is COc1ccc(C(C)(C)CCc2cc(C(C)(C)C)cnc2OC)c(C)n1. The van der Waals surface area contributed by atoms with Crippen LogP contribution < -0.4 is 9.47 Å². The normalized spacial score (nSPS) is 12.2. The molecular weight excluding hydrogens is 324 g/mol. The summed E-state index contributed by atoms with van der Waals surface area (Å²) in [5.74, 6) is 1.38. The standard InChI is InChI=1S/C22H32N2O2/c1-15-18(9-10-19(24-15)25-7)22(5,6)12-11-16-13-17(21(2,3)4)14-23-20(16)26-8/h9-10,13-14H,11-12H2,1-8H3. The minimum absolute atomic E-state index is 0.00783. The Bertz CT molecular complexity index is 761. The first-order chi connectivity index (χ1) is 12.1.